The zero-order valence-corrected chi connectivity index (χ0v) is 23.5. The number of nitrogens with one attached hydrogen (secondary N) is 1. The Hall–Kier alpha value is -2.87. The van der Waals surface area contributed by atoms with Crippen molar-refractivity contribution in [1.29, 1.82) is 0 Å². The van der Waals surface area contributed by atoms with Crippen molar-refractivity contribution in [3.63, 3.8) is 0 Å². The number of carbonyl (C=O) groups excluding carboxylic acids is 1. The topological polar surface area (TPSA) is 107 Å². The number of aryl methyl sites for hydroxylation is 1. The van der Waals surface area contributed by atoms with Gasteiger partial charge in [0.05, 0.1) is 12.6 Å². The molecule has 2 saturated heterocycles. The van der Waals surface area contributed by atoms with E-state index in [0.717, 1.165) is 51.3 Å². The maximum absolute atomic E-state index is 12.8. The molecule has 2 aliphatic heterocycles. The Morgan fingerprint density at radius 3 is 2.32 bits per heavy atom. The summed E-state index contributed by atoms with van der Waals surface area (Å²) in [7, 11) is 0. The van der Waals surface area contributed by atoms with Crippen molar-refractivity contribution in [3.05, 3.63) is 59.9 Å². The van der Waals surface area contributed by atoms with Gasteiger partial charge in [0.2, 0.25) is 11.9 Å². The van der Waals surface area contributed by atoms with Crippen LogP contribution in [0, 0.1) is 6.92 Å². The predicted molar refractivity (Wildman–Crippen MR) is 155 cm³/mol. The van der Waals surface area contributed by atoms with Gasteiger partial charge in [0, 0.05) is 73.4 Å². The standard InChI is InChI=1S/C27H32IN7O3/c1-19-29-26(32-27(30-19)34-15-13-33(14-16-34)17-18-36)31-21-6-10-23(11-7-21)38-22-8-4-20(5-9-22)25(37)24-3-2-12-35(24)28/h4-11,24,36H,2-3,12-18H2,1H3,(H,29,30,31,32)/t24-/m0/s1. The molecular formula is C27H32IN7O3. The highest BCUT2D eigenvalue weighted by atomic mass is 127. The molecule has 3 heterocycles. The van der Waals surface area contributed by atoms with E-state index in [-0.39, 0.29) is 18.4 Å². The van der Waals surface area contributed by atoms with E-state index in [0.29, 0.717) is 41.3 Å². The first-order chi connectivity index (χ1) is 18.5. The minimum Gasteiger partial charge on any atom is -0.457 e. The number of β-amino-alcohol motifs (C(OH)–C–C–N with tert-alkyl or cyclic N) is 1. The van der Waals surface area contributed by atoms with Gasteiger partial charge in [-0.05, 0) is 68.3 Å². The average Bonchev–Trinajstić information content (AvgIpc) is 3.36. The number of anilines is 3. The number of hydrogen-bond donors (Lipinski definition) is 2. The van der Waals surface area contributed by atoms with Crippen LogP contribution in [0.5, 0.6) is 11.5 Å². The molecule has 1 atom stereocenters. The first-order valence-electron chi connectivity index (χ1n) is 12.9. The summed E-state index contributed by atoms with van der Waals surface area (Å²) in [6.45, 7) is 7.04. The van der Waals surface area contributed by atoms with Crippen molar-refractivity contribution in [3.8, 4) is 11.5 Å². The summed E-state index contributed by atoms with van der Waals surface area (Å²) in [5.41, 5.74) is 1.55. The van der Waals surface area contributed by atoms with Crippen LogP contribution < -0.4 is 15.0 Å². The molecule has 0 amide bonds. The van der Waals surface area contributed by atoms with Gasteiger partial charge in [-0.2, -0.15) is 15.0 Å². The molecule has 0 saturated carbocycles. The Bertz CT molecular complexity index is 1230. The van der Waals surface area contributed by atoms with Crippen molar-refractivity contribution in [2.75, 3.05) is 56.1 Å². The lowest BCUT2D eigenvalue weighted by Gasteiger charge is -2.34. The van der Waals surface area contributed by atoms with Crippen LogP contribution in [0.2, 0.25) is 0 Å². The van der Waals surface area contributed by atoms with E-state index in [4.69, 9.17) is 9.84 Å². The van der Waals surface area contributed by atoms with Crippen molar-refractivity contribution in [2.24, 2.45) is 0 Å². The van der Waals surface area contributed by atoms with Crippen molar-refractivity contribution in [2.45, 2.75) is 25.8 Å². The molecular weight excluding hydrogens is 597 g/mol. The number of aliphatic hydroxyl groups excluding tert-OH is 1. The minimum atomic E-state index is -0.0336. The Balaban J connectivity index is 1.18. The van der Waals surface area contributed by atoms with Gasteiger partial charge in [-0.1, -0.05) is 0 Å². The maximum atomic E-state index is 12.8. The van der Waals surface area contributed by atoms with Crippen LogP contribution >= 0.6 is 22.9 Å². The summed E-state index contributed by atoms with van der Waals surface area (Å²) in [6, 6.07) is 14.9. The fourth-order valence-corrected chi connectivity index (χ4v) is 5.59. The normalized spacial score (nSPS) is 18.5. The number of rotatable bonds is 9. The fourth-order valence-electron chi connectivity index (χ4n) is 4.72. The van der Waals surface area contributed by atoms with Crippen LogP contribution in [0.15, 0.2) is 48.5 Å². The molecule has 0 bridgehead atoms. The maximum Gasteiger partial charge on any atom is 0.232 e. The molecule has 38 heavy (non-hydrogen) atoms. The fraction of sp³-hybridized carbons (Fsp3) is 0.407. The zero-order valence-electron chi connectivity index (χ0n) is 21.4. The molecule has 2 N–H and O–H groups in total. The van der Waals surface area contributed by atoms with Crippen molar-refractivity contribution >= 4 is 46.2 Å². The third-order valence-electron chi connectivity index (χ3n) is 6.78. The van der Waals surface area contributed by atoms with E-state index in [2.05, 4.69) is 56.0 Å². The minimum absolute atomic E-state index is 0.0336. The van der Waals surface area contributed by atoms with Crippen molar-refractivity contribution in [1.82, 2.24) is 23.0 Å². The van der Waals surface area contributed by atoms with E-state index in [1.54, 1.807) is 0 Å². The molecule has 10 nitrogen and oxygen atoms in total. The second-order valence-electron chi connectivity index (χ2n) is 9.48. The molecule has 0 unspecified atom stereocenters. The number of piperazine rings is 1. The molecule has 200 valence electrons. The average molecular weight is 630 g/mol. The first kappa shape index (κ1) is 26.7. The highest BCUT2D eigenvalue weighted by molar-refractivity contribution is 14.1. The molecule has 0 spiro atoms. The number of ether oxygens (including phenoxy) is 1. The lowest BCUT2D eigenvalue weighted by Crippen LogP contribution is -2.47. The van der Waals surface area contributed by atoms with E-state index >= 15 is 0 Å². The van der Waals surface area contributed by atoms with Crippen LogP contribution in [0.1, 0.15) is 29.0 Å². The molecule has 2 aliphatic rings. The monoisotopic (exact) mass is 629 g/mol. The predicted octanol–water partition coefficient (Wildman–Crippen LogP) is 3.83. The number of benzene rings is 2. The Morgan fingerprint density at radius 2 is 1.68 bits per heavy atom. The molecule has 0 aliphatic carbocycles. The molecule has 0 radical (unpaired) electrons. The smallest absolute Gasteiger partial charge is 0.232 e. The van der Waals surface area contributed by atoms with Gasteiger partial charge in [0.25, 0.3) is 0 Å². The Kier molecular flexibility index (Phi) is 8.67. The van der Waals surface area contributed by atoms with Gasteiger partial charge in [-0.15, -0.1) is 0 Å². The highest BCUT2D eigenvalue weighted by Gasteiger charge is 2.29. The summed E-state index contributed by atoms with van der Waals surface area (Å²) in [5.74, 6) is 3.33. The highest BCUT2D eigenvalue weighted by Crippen LogP contribution is 2.27. The number of aliphatic hydroxyl groups is 1. The Labute approximate surface area is 236 Å². The third kappa shape index (κ3) is 6.57. The molecule has 2 aromatic carbocycles. The van der Waals surface area contributed by atoms with E-state index in [9.17, 15) is 4.79 Å². The summed E-state index contributed by atoms with van der Waals surface area (Å²) in [6.07, 6.45) is 1.97. The van der Waals surface area contributed by atoms with Crippen LogP contribution in [-0.2, 0) is 0 Å². The lowest BCUT2D eigenvalue weighted by atomic mass is 10.0. The molecule has 3 aromatic rings. The number of carbonyl (C=O) groups is 1. The zero-order chi connectivity index (χ0) is 26.5. The number of ketones is 1. The largest absolute Gasteiger partial charge is 0.457 e. The molecule has 1 aromatic heterocycles. The van der Waals surface area contributed by atoms with Gasteiger partial charge in [0.15, 0.2) is 5.78 Å². The van der Waals surface area contributed by atoms with Gasteiger partial charge < -0.3 is 20.1 Å². The molecule has 2 fully saturated rings. The summed E-state index contributed by atoms with van der Waals surface area (Å²) in [4.78, 5) is 30.7. The third-order valence-corrected chi connectivity index (χ3v) is 7.94. The number of aromatic nitrogens is 3. The SMILES string of the molecule is Cc1nc(Nc2ccc(Oc3ccc(C(=O)[C@@H]4CCCN4I)cc3)cc2)nc(N2CCN(CCO)CC2)n1. The summed E-state index contributed by atoms with van der Waals surface area (Å²) in [5, 5.41) is 12.4. The quantitative estimate of drug-likeness (QED) is 0.206. The Morgan fingerprint density at radius 1 is 1.00 bits per heavy atom. The molecule has 11 heteroatoms. The van der Waals surface area contributed by atoms with Crippen molar-refractivity contribution < 1.29 is 14.6 Å². The van der Waals surface area contributed by atoms with Crippen LogP contribution in [-0.4, -0.2) is 85.8 Å². The number of halogens is 1. The van der Waals surface area contributed by atoms with E-state index in [1.165, 1.54) is 0 Å². The van der Waals surface area contributed by atoms with Gasteiger partial charge in [-0.3, -0.25) is 9.69 Å². The number of hydrogen-bond acceptors (Lipinski definition) is 10. The number of Topliss-reactive ketones (excluding diaryl/α,β-unsaturated/α-hetero) is 1. The van der Waals surface area contributed by atoms with Crippen LogP contribution in [0.25, 0.3) is 0 Å². The second-order valence-corrected chi connectivity index (χ2v) is 10.7. The summed E-state index contributed by atoms with van der Waals surface area (Å²) >= 11 is 2.24. The van der Waals surface area contributed by atoms with E-state index in [1.807, 2.05) is 55.5 Å². The first-order valence-corrected chi connectivity index (χ1v) is 13.9. The second kappa shape index (κ2) is 12.3. The van der Waals surface area contributed by atoms with Crippen LogP contribution in [0.3, 0.4) is 0 Å². The van der Waals surface area contributed by atoms with Gasteiger partial charge in [-0.25, -0.2) is 3.11 Å². The van der Waals surface area contributed by atoms with Gasteiger partial charge in [0.1, 0.15) is 17.3 Å². The lowest BCUT2D eigenvalue weighted by molar-refractivity contribution is 0.0930. The molecule has 5 rings (SSSR count). The number of nitrogens with zero attached hydrogens (tertiary/aromatic N) is 6. The summed E-state index contributed by atoms with van der Waals surface area (Å²) < 4.78 is 8.09. The van der Waals surface area contributed by atoms with Crippen LogP contribution in [0.4, 0.5) is 17.6 Å². The van der Waals surface area contributed by atoms with E-state index < -0.39 is 0 Å². The van der Waals surface area contributed by atoms with Gasteiger partial charge >= 0.3 is 0 Å².